The van der Waals surface area contributed by atoms with Crippen LogP contribution in [0.1, 0.15) is 25.7 Å². The number of allylic oxidation sites excluding steroid dienone is 1. The van der Waals surface area contributed by atoms with Crippen molar-refractivity contribution >= 4 is 6.47 Å². The lowest BCUT2D eigenvalue weighted by molar-refractivity contribution is -0.135. The summed E-state index contributed by atoms with van der Waals surface area (Å²) < 4.78 is 4.94. The second-order valence-corrected chi connectivity index (χ2v) is 2.99. The molecule has 0 saturated heterocycles. The lowest BCUT2D eigenvalue weighted by Crippen LogP contribution is -2.16. The minimum atomic E-state index is 0.158. The summed E-state index contributed by atoms with van der Waals surface area (Å²) in [5.74, 6) is 0.526. The van der Waals surface area contributed by atoms with E-state index in [1.54, 1.807) is 0 Å². The number of hydrogen-bond acceptors (Lipinski definition) is 2. The molecule has 1 aliphatic rings. The molecule has 0 heterocycles. The zero-order chi connectivity index (χ0) is 8.10. The lowest BCUT2D eigenvalue weighted by Gasteiger charge is -2.15. The highest BCUT2D eigenvalue weighted by Gasteiger charge is 2.26. The van der Waals surface area contributed by atoms with Crippen LogP contribution in [0.3, 0.4) is 0 Å². The molecule has 0 radical (unpaired) electrons. The molecule has 0 N–H and O–H groups in total. The van der Waals surface area contributed by atoms with E-state index in [4.69, 9.17) is 4.74 Å². The summed E-state index contributed by atoms with van der Waals surface area (Å²) in [4.78, 5) is 10.1. The van der Waals surface area contributed by atoms with Gasteiger partial charge in [-0.05, 0) is 31.6 Å². The minimum Gasteiger partial charge on any atom is -0.464 e. The number of rotatable bonds is 4. The Balaban J connectivity index is 2.36. The van der Waals surface area contributed by atoms with Gasteiger partial charge in [-0.3, -0.25) is 4.79 Å². The molecule has 2 atom stereocenters. The Morgan fingerprint density at radius 2 is 2.36 bits per heavy atom. The van der Waals surface area contributed by atoms with E-state index in [0.717, 1.165) is 12.8 Å². The van der Waals surface area contributed by atoms with Crippen molar-refractivity contribution < 1.29 is 9.53 Å². The van der Waals surface area contributed by atoms with Crippen molar-refractivity contribution in [2.75, 3.05) is 0 Å². The average Bonchev–Trinajstić information content (AvgIpc) is 2.39. The van der Waals surface area contributed by atoms with Crippen LogP contribution in [0, 0.1) is 5.92 Å². The molecule has 0 aromatic heterocycles. The highest BCUT2D eigenvalue weighted by Crippen LogP contribution is 2.30. The van der Waals surface area contributed by atoms with Gasteiger partial charge in [0.05, 0.1) is 0 Å². The fourth-order valence-corrected chi connectivity index (χ4v) is 1.74. The Hall–Kier alpha value is -0.790. The van der Waals surface area contributed by atoms with E-state index in [1.165, 1.54) is 12.8 Å². The van der Waals surface area contributed by atoms with Crippen molar-refractivity contribution in [2.45, 2.75) is 31.8 Å². The van der Waals surface area contributed by atoms with Crippen molar-refractivity contribution in [3.8, 4) is 0 Å². The van der Waals surface area contributed by atoms with Gasteiger partial charge in [-0.2, -0.15) is 0 Å². The first-order chi connectivity index (χ1) is 5.38. The number of hydrogen-bond donors (Lipinski definition) is 0. The number of carbonyl (C=O) groups excluding carboxylic acids is 1. The number of carbonyl (C=O) groups is 1. The predicted octanol–water partition coefficient (Wildman–Crippen LogP) is 1.90. The molecule has 62 valence electrons. The third-order valence-corrected chi connectivity index (χ3v) is 2.29. The molecule has 1 aliphatic carbocycles. The summed E-state index contributed by atoms with van der Waals surface area (Å²) in [6.07, 6.45) is 6.40. The van der Waals surface area contributed by atoms with Gasteiger partial charge in [0.1, 0.15) is 6.10 Å². The van der Waals surface area contributed by atoms with E-state index >= 15 is 0 Å². The Morgan fingerprint density at radius 1 is 1.55 bits per heavy atom. The van der Waals surface area contributed by atoms with Crippen LogP contribution in [0.2, 0.25) is 0 Å². The summed E-state index contributed by atoms with van der Waals surface area (Å²) in [6.45, 7) is 4.24. The summed E-state index contributed by atoms with van der Waals surface area (Å²) in [5.41, 5.74) is 0. The predicted molar refractivity (Wildman–Crippen MR) is 43.1 cm³/mol. The first kappa shape index (κ1) is 8.31. The first-order valence-corrected chi connectivity index (χ1v) is 4.08. The number of ether oxygens (including phenoxy) is 1. The van der Waals surface area contributed by atoms with Crippen molar-refractivity contribution in [1.82, 2.24) is 0 Å². The Labute approximate surface area is 67.2 Å². The van der Waals surface area contributed by atoms with Gasteiger partial charge in [0.15, 0.2) is 0 Å². The van der Waals surface area contributed by atoms with Gasteiger partial charge in [0.25, 0.3) is 6.47 Å². The second-order valence-electron chi connectivity index (χ2n) is 2.99. The molecular weight excluding hydrogens is 140 g/mol. The molecule has 11 heavy (non-hydrogen) atoms. The fraction of sp³-hybridized carbons (Fsp3) is 0.667. The van der Waals surface area contributed by atoms with Gasteiger partial charge in [0, 0.05) is 0 Å². The van der Waals surface area contributed by atoms with Gasteiger partial charge < -0.3 is 4.74 Å². The van der Waals surface area contributed by atoms with Crippen LogP contribution in [0.4, 0.5) is 0 Å². The van der Waals surface area contributed by atoms with Crippen molar-refractivity contribution in [3.63, 3.8) is 0 Å². The Bertz CT molecular complexity index is 126. The average molecular weight is 154 g/mol. The van der Waals surface area contributed by atoms with Crippen LogP contribution in [0.25, 0.3) is 0 Å². The van der Waals surface area contributed by atoms with Crippen LogP contribution in [-0.2, 0) is 9.53 Å². The fourth-order valence-electron chi connectivity index (χ4n) is 1.74. The summed E-state index contributed by atoms with van der Waals surface area (Å²) >= 11 is 0. The molecule has 0 aromatic carbocycles. The molecule has 1 rings (SSSR count). The topological polar surface area (TPSA) is 26.3 Å². The molecule has 0 bridgehead atoms. The van der Waals surface area contributed by atoms with Gasteiger partial charge in [-0.25, -0.2) is 0 Å². The molecule has 0 aromatic rings. The minimum absolute atomic E-state index is 0.158. The second kappa shape index (κ2) is 4.16. The molecule has 0 aliphatic heterocycles. The van der Waals surface area contributed by atoms with Gasteiger partial charge in [0.2, 0.25) is 0 Å². The van der Waals surface area contributed by atoms with E-state index < -0.39 is 0 Å². The molecule has 2 heteroatoms. The maximum atomic E-state index is 10.1. The standard InChI is InChI=1S/C9H14O2/c1-2-4-8-5-3-6-9(8)11-7-10/h2,7-9H,1,3-6H2/t8-,9+/m1/s1. The van der Waals surface area contributed by atoms with E-state index in [1.807, 2.05) is 6.08 Å². The maximum absolute atomic E-state index is 10.1. The summed E-state index contributed by atoms with van der Waals surface area (Å²) in [7, 11) is 0. The lowest BCUT2D eigenvalue weighted by atomic mass is 10.0. The molecule has 0 spiro atoms. The third kappa shape index (κ3) is 2.07. The zero-order valence-electron chi connectivity index (χ0n) is 6.66. The van der Waals surface area contributed by atoms with Crippen LogP contribution < -0.4 is 0 Å². The summed E-state index contributed by atoms with van der Waals surface area (Å²) in [5, 5.41) is 0. The molecule has 2 nitrogen and oxygen atoms in total. The van der Waals surface area contributed by atoms with E-state index in [0.29, 0.717) is 12.4 Å². The van der Waals surface area contributed by atoms with Crippen LogP contribution in [0.5, 0.6) is 0 Å². The summed E-state index contributed by atoms with van der Waals surface area (Å²) in [6, 6.07) is 0. The van der Waals surface area contributed by atoms with E-state index in [-0.39, 0.29) is 6.10 Å². The Kier molecular flexibility index (Phi) is 3.14. The van der Waals surface area contributed by atoms with Crippen LogP contribution >= 0.6 is 0 Å². The van der Waals surface area contributed by atoms with Gasteiger partial charge in [-0.1, -0.05) is 6.08 Å². The monoisotopic (exact) mass is 154 g/mol. The Morgan fingerprint density at radius 3 is 3.00 bits per heavy atom. The molecule has 1 saturated carbocycles. The van der Waals surface area contributed by atoms with Crippen LogP contribution in [0.15, 0.2) is 12.7 Å². The highest BCUT2D eigenvalue weighted by atomic mass is 16.5. The molecule has 0 unspecified atom stereocenters. The molecule has 0 amide bonds. The third-order valence-electron chi connectivity index (χ3n) is 2.29. The normalized spacial score (nSPS) is 29.8. The molecule has 1 fully saturated rings. The largest absolute Gasteiger partial charge is 0.464 e. The van der Waals surface area contributed by atoms with Gasteiger partial charge >= 0.3 is 0 Å². The van der Waals surface area contributed by atoms with Crippen LogP contribution in [-0.4, -0.2) is 12.6 Å². The van der Waals surface area contributed by atoms with Crippen molar-refractivity contribution in [1.29, 1.82) is 0 Å². The van der Waals surface area contributed by atoms with Crippen molar-refractivity contribution in [3.05, 3.63) is 12.7 Å². The highest BCUT2D eigenvalue weighted by molar-refractivity contribution is 5.37. The van der Waals surface area contributed by atoms with Crippen molar-refractivity contribution in [2.24, 2.45) is 5.92 Å². The van der Waals surface area contributed by atoms with E-state index in [2.05, 4.69) is 6.58 Å². The SMILES string of the molecule is C=CC[C@@H]1CCC[C@@H]1OC=O. The van der Waals surface area contributed by atoms with E-state index in [9.17, 15) is 4.79 Å². The zero-order valence-corrected chi connectivity index (χ0v) is 6.66. The smallest absolute Gasteiger partial charge is 0.293 e. The maximum Gasteiger partial charge on any atom is 0.293 e. The first-order valence-electron chi connectivity index (χ1n) is 4.08. The molecular formula is C9H14O2. The quantitative estimate of drug-likeness (QED) is 0.456. The van der Waals surface area contributed by atoms with Gasteiger partial charge in [-0.15, -0.1) is 6.58 Å².